The van der Waals surface area contributed by atoms with Crippen LogP contribution in [0.3, 0.4) is 0 Å². The van der Waals surface area contributed by atoms with E-state index >= 15 is 0 Å². The van der Waals surface area contributed by atoms with Crippen molar-refractivity contribution in [1.82, 2.24) is 14.8 Å². The first kappa shape index (κ1) is 11.9. The van der Waals surface area contributed by atoms with Gasteiger partial charge in [-0.1, -0.05) is 29.8 Å². The van der Waals surface area contributed by atoms with E-state index in [4.69, 9.17) is 5.73 Å². The zero-order valence-electron chi connectivity index (χ0n) is 10.6. The molecule has 2 aromatic heterocycles. The monoisotopic (exact) mass is 270 g/mol. The van der Waals surface area contributed by atoms with Gasteiger partial charge >= 0.3 is 0 Å². The van der Waals surface area contributed by atoms with Gasteiger partial charge in [-0.05, 0) is 12.5 Å². The molecule has 4 nitrogen and oxygen atoms in total. The van der Waals surface area contributed by atoms with Gasteiger partial charge < -0.3 is 5.73 Å². The average Bonchev–Trinajstić information content (AvgIpc) is 3.01. The number of benzene rings is 1. The molecule has 19 heavy (non-hydrogen) atoms. The van der Waals surface area contributed by atoms with Crippen LogP contribution in [0.15, 0.2) is 42.0 Å². The predicted octanol–water partition coefficient (Wildman–Crippen LogP) is 2.95. The maximum absolute atomic E-state index is 5.99. The van der Waals surface area contributed by atoms with Gasteiger partial charge in [0.05, 0.1) is 12.2 Å². The van der Waals surface area contributed by atoms with E-state index in [1.807, 2.05) is 16.3 Å². The molecule has 0 spiro atoms. The van der Waals surface area contributed by atoms with Crippen molar-refractivity contribution in [3.8, 4) is 10.7 Å². The number of nitrogen functional groups attached to an aromatic ring is 1. The average molecular weight is 270 g/mol. The summed E-state index contributed by atoms with van der Waals surface area (Å²) in [7, 11) is 0. The smallest absolute Gasteiger partial charge is 0.145 e. The fourth-order valence-electron chi connectivity index (χ4n) is 1.90. The molecule has 3 aromatic rings. The van der Waals surface area contributed by atoms with Crippen LogP contribution in [-0.4, -0.2) is 14.8 Å². The van der Waals surface area contributed by atoms with Crippen molar-refractivity contribution in [2.45, 2.75) is 13.5 Å². The van der Waals surface area contributed by atoms with Crippen LogP contribution >= 0.6 is 11.3 Å². The van der Waals surface area contributed by atoms with Crippen LogP contribution in [0.4, 0.5) is 5.69 Å². The lowest BCUT2D eigenvalue weighted by atomic mass is 10.1. The summed E-state index contributed by atoms with van der Waals surface area (Å²) >= 11 is 1.54. The van der Waals surface area contributed by atoms with Gasteiger partial charge in [-0.3, -0.25) is 4.68 Å². The molecule has 0 saturated carbocycles. The highest BCUT2D eigenvalue weighted by atomic mass is 32.1. The van der Waals surface area contributed by atoms with Crippen molar-refractivity contribution in [1.29, 1.82) is 0 Å². The summed E-state index contributed by atoms with van der Waals surface area (Å²) in [5.74, 6) is 0. The van der Waals surface area contributed by atoms with Crippen LogP contribution < -0.4 is 5.73 Å². The van der Waals surface area contributed by atoms with Gasteiger partial charge in [-0.25, -0.2) is 4.98 Å². The summed E-state index contributed by atoms with van der Waals surface area (Å²) < 4.78 is 1.86. The van der Waals surface area contributed by atoms with Gasteiger partial charge in [0.2, 0.25) is 0 Å². The summed E-state index contributed by atoms with van der Waals surface area (Å²) in [4.78, 5) is 4.24. The number of aryl methyl sites for hydroxylation is 1. The van der Waals surface area contributed by atoms with Gasteiger partial charge in [0.1, 0.15) is 10.7 Å². The van der Waals surface area contributed by atoms with Gasteiger partial charge in [0.15, 0.2) is 0 Å². The summed E-state index contributed by atoms with van der Waals surface area (Å²) in [6, 6.07) is 8.42. The standard InChI is InChI=1S/C14H14N4S/c1-10-2-4-11(5-3-10)8-18-9-12(15)13(17-18)14-16-6-7-19-14/h2-7,9H,8,15H2,1H3. The van der Waals surface area contributed by atoms with Crippen LogP contribution in [0, 0.1) is 6.92 Å². The molecule has 0 saturated heterocycles. The zero-order chi connectivity index (χ0) is 13.2. The molecule has 0 aliphatic carbocycles. The third-order valence-electron chi connectivity index (χ3n) is 2.89. The van der Waals surface area contributed by atoms with Gasteiger partial charge in [0.25, 0.3) is 0 Å². The molecule has 5 heteroatoms. The van der Waals surface area contributed by atoms with Gasteiger partial charge in [0, 0.05) is 17.8 Å². The maximum atomic E-state index is 5.99. The van der Waals surface area contributed by atoms with E-state index in [0.717, 1.165) is 17.2 Å². The Balaban J connectivity index is 1.87. The molecule has 0 fully saturated rings. The quantitative estimate of drug-likeness (QED) is 0.796. The molecule has 2 heterocycles. The summed E-state index contributed by atoms with van der Waals surface area (Å²) in [6.07, 6.45) is 3.62. The summed E-state index contributed by atoms with van der Waals surface area (Å²) in [6.45, 7) is 2.80. The van der Waals surface area contributed by atoms with E-state index in [1.165, 1.54) is 11.1 Å². The van der Waals surface area contributed by atoms with E-state index in [-0.39, 0.29) is 0 Å². The number of aromatic nitrogens is 3. The van der Waals surface area contributed by atoms with E-state index in [2.05, 4.69) is 41.3 Å². The third kappa shape index (κ3) is 2.51. The van der Waals surface area contributed by atoms with E-state index in [0.29, 0.717) is 5.69 Å². The lowest BCUT2D eigenvalue weighted by Crippen LogP contribution is -2.00. The van der Waals surface area contributed by atoms with Gasteiger partial charge in [-0.2, -0.15) is 5.10 Å². The molecule has 0 aliphatic rings. The van der Waals surface area contributed by atoms with Crippen molar-refractivity contribution >= 4 is 17.0 Å². The third-order valence-corrected chi connectivity index (χ3v) is 3.67. The summed E-state index contributed by atoms with van der Waals surface area (Å²) in [5, 5.41) is 7.30. The largest absolute Gasteiger partial charge is 0.396 e. The number of hydrogen-bond acceptors (Lipinski definition) is 4. The first-order chi connectivity index (χ1) is 9.22. The number of hydrogen-bond donors (Lipinski definition) is 1. The molecule has 0 atom stereocenters. The van der Waals surface area contributed by atoms with Crippen LogP contribution in [-0.2, 0) is 6.54 Å². The Kier molecular flexibility index (Phi) is 3.05. The van der Waals surface area contributed by atoms with E-state index < -0.39 is 0 Å². The molecule has 3 rings (SSSR count). The van der Waals surface area contributed by atoms with Crippen molar-refractivity contribution in [3.63, 3.8) is 0 Å². The molecule has 2 N–H and O–H groups in total. The second-order valence-corrected chi connectivity index (χ2v) is 5.35. The zero-order valence-corrected chi connectivity index (χ0v) is 11.4. The molecule has 96 valence electrons. The first-order valence-electron chi connectivity index (χ1n) is 6.01. The fourth-order valence-corrected chi connectivity index (χ4v) is 2.55. The number of nitrogens with zero attached hydrogens (tertiary/aromatic N) is 3. The highest BCUT2D eigenvalue weighted by Gasteiger charge is 2.10. The minimum absolute atomic E-state index is 0.669. The number of anilines is 1. The SMILES string of the molecule is Cc1ccc(Cn2cc(N)c(-c3nccs3)n2)cc1. The van der Waals surface area contributed by atoms with Gasteiger partial charge in [-0.15, -0.1) is 11.3 Å². The highest BCUT2D eigenvalue weighted by Crippen LogP contribution is 2.25. The summed E-state index contributed by atoms with van der Waals surface area (Å²) in [5.41, 5.74) is 9.89. The second-order valence-electron chi connectivity index (χ2n) is 4.45. The lowest BCUT2D eigenvalue weighted by Gasteiger charge is -2.02. The molecule has 1 aromatic carbocycles. The van der Waals surface area contributed by atoms with Crippen LogP contribution in [0.2, 0.25) is 0 Å². The van der Waals surface area contributed by atoms with E-state index in [9.17, 15) is 0 Å². The lowest BCUT2D eigenvalue weighted by molar-refractivity contribution is 0.689. The van der Waals surface area contributed by atoms with Crippen molar-refractivity contribution < 1.29 is 0 Å². The molecule has 0 aliphatic heterocycles. The van der Waals surface area contributed by atoms with Crippen molar-refractivity contribution in [3.05, 3.63) is 53.2 Å². The van der Waals surface area contributed by atoms with Crippen LogP contribution in [0.5, 0.6) is 0 Å². The Morgan fingerprint density at radius 3 is 2.74 bits per heavy atom. The molecule has 0 unspecified atom stereocenters. The topological polar surface area (TPSA) is 56.7 Å². The normalized spacial score (nSPS) is 10.8. The molecule has 0 amide bonds. The maximum Gasteiger partial charge on any atom is 0.145 e. The van der Waals surface area contributed by atoms with Crippen molar-refractivity contribution in [2.75, 3.05) is 5.73 Å². The van der Waals surface area contributed by atoms with Crippen molar-refractivity contribution in [2.24, 2.45) is 0 Å². The van der Waals surface area contributed by atoms with Crippen LogP contribution in [0.1, 0.15) is 11.1 Å². The first-order valence-corrected chi connectivity index (χ1v) is 6.88. The fraction of sp³-hybridized carbons (Fsp3) is 0.143. The minimum Gasteiger partial charge on any atom is -0.396 e. The number of nitrogens with two attached hydrogens (primary N) is 1. The number of thiazole rings is 1. The molecular formula is C14H14N4S. The Hall–Kier alpha value is -2.14. The highest BCUT2D eigenvalue weighted by molar-refractivity contribution is 7.13. The van der Waals surface area contributed by atoms with Crippen LogP contribution in [0.25, 0.3) is 10.7 Å². The Morgan fingerprint density at radius 2 is 2.05 bits per heavy atom. The molecule has 0 radical (unpaired) electrons. The second kappa shape index (κ2) is 4.85. The predicted molar refractivity (Wildman–Crippen MR) is 78.0 cm³/mol. The van der Waals surface area contributed by atoms with E-state index in [1.54, 1.807) is 17.5 Å². The molecular weight excluding hydrogens is 256 g/mol. The Morgan fingerprint density at radius 1 is 1.26 bits per heavy atom. The molecule has 0 bridgehead atoms. The Bertz CT molecular complexity index is 668. The minimum atomic E-state index is 0.669. The number of rotatable bonds is 3. The Labute approximate surface area is 115 Å².